The van der Waals surface area contributed by atoms with Crippen LogP contribution >= 0.6 is 11.8 Å². The van der Waals surface area contributed by atoms with E-state index in [2.05, 4.69) is 73.0 Å². The molecule has 0 heterocycles. The predicted molar refractivity (Wildman–Crippen MR) is 81.2 cm³/mol. The molecule has 0 fully saturated rings. The molecule has 3 aromatic rings. The molecule has 0 bridgehead atoms. The molecule has 0 unspecified atom stereocenters. The van der Waals surface area contributed by atoms with Crippen molar-refractivity contribution < 1.29 is 0 Å². The summed E-state index contributed by atoms with van der Waals surface area (Å²) in [5.41, 5.74) is 2.55. The molecule has 0 N–H and O–H groups in total. The van der Waals surface area contributed by atoms with E-state index in [1.54, 1.807) is 11.8 Å². The smallest absolute Gasteiger partial charge is 0.00755 e. The fraction of sp³-hybridized carbons (Fsp3) is 0.0588. The molecule has 0 aromatic heterocycles. The van der Waals surface area contributed by atoms with E-state index >= 15 is 0 Å². The summed E-state index contributed by atoms with van der Waals surface area (Å²) in [7, 11) is 0. The summed E-state index contributed by atoms with van der Waals surface area (Å²) in [6.45, 7) is 0. The molecule has 18 heavy (non-hydrogen) atoms. The zero-order valence-corrected chi connectivity index (χ0v) is 11.1. The standard InChI is InChI=1S/C17H14S/c1-18-17-10-9-15-11-14(7-8-16(15)12-17)13-5-3-2-4-6-13/h2-12H,1H3. The molecular formula is C17H14S. The van der Waals surface area contributed by atoms with Crippen molar-refractivity contribution in [1.82, 2.24) is 0 Å². The first-order chi connectivity index (χ1) is 8.86. The van der Waals surface area contributed by atoms with Gasteiger partial charge in [0.2, 0.25) is 0 Å². The third kappa shape index (κ3) is 2.14. The Kier molecular flexibility index (Phi) is 3.07. The molecule has 0 radical (unpaired) electrons. The van der Waals surface area contributed by atoms with Crippen molar-refractivity contribution in [3.8, 4) is 11.1 Å². The number of rotatable bonds is 2. The molecule has 0 aliphatic rings. The molecule has 0 saturated carbocycles. The maximum absolute atomic E-state index is 2.26. The Morgan fingerprint density at radius 1 is 0.667 bits per heavy atom. The molecule has 0 spiro atoms. The third-order valence-electron chi connectivity index (χ3n) is 3.15. The number of benzene rings is 3. The van der Waals surface area contributed by atoms with E-state index in [0.717, 1.165) is 0 Å². The SMILES string of the molecule is CSc1ccc2cc(-c3ccccc3)ccc2c1. The Morgan fingerprint density at radius 3 is 2.17 bits per heavy atom. The number of fused-ring (bicyclic) bond motifs is 1. The van der Waals surface area contributed by atoms with Crippen LogP contribution in [0.2, 0.25) is 0 Å². The van der Waals surface area contributed by atoms with Crippen molar-refractivity contribution in [2.75, 3.05) is 6.26 Å². The summed E-state index contributed by atoms with van der Waals surface area (Å²) in [5.74, 6) is 0. The maximum Gasteiger partial charge on any atom is 0.00755 e. The van der Waals surface area contributed by atoms with Crippen LogP contribution in [0.1, 0.15) is 0 Å². The predicted octanol–water partition coefficient (Wildman–Crippen LogP) is 5.23. The zero-order chi connectivity index (χ0) is 12.4. The van der Waals surface area contributed by atoms with Gasteiger partial charge in [0.25, 0.3) is 0 Å². The lowest BCUT2D eigenvalue weighted by Crippen LogP contribution is -1.79. The molecule has 3 aromatic carbocycles. The Bertz CT molecular complexity index is 672. The monoisotopic (exact) mass is 250 g/mol. The highest BCUT2D eigenvalue weighted by Gasteiger charge is 2.00. The lowest BCUT2D eigenvalue weighted by atomic mass is 10.0. The lowest BCUT2D eigenvalue weighted by molar-refractivity contribution is 1.51. The normalized spacial score (nSPS) is 10.7. The Labute approximate surface area is 112 Å². The molecule has 0 atom stereocenters. The van der Waals surface area contributed by atoms with Crippen LogP contribution in [0.25, 0.3) is 21.9 Å². The zero-order valence-electron chi connectivity index (χ0n) is 10.3. The van der Waals surface area contributed by atoms with E-state index in [0.29, 0.717) is 0 Å². The summed E-state index contributed by atoms with van der Waals surface area (Å²) >= 11 is 1.78. The van der Waals surface area contributed by atoms with Crippen molar-refractivity contribution in [2.24, 2.45) is 0 Å². The van der Waals surface area contributed by atoms with Crippen molar-refractivity contribution in [3.05, 3.63) is 66.7 Å². The van der Waals surface area contributed by atoms with Gasteiger partial charge < -0.3 is 0 Å². The van der Waals surface area contributed by atoms with E-state index in [1.807, 2.05) is 0 Å². The van der Waals surface area contributed by atoms with Gasteiger partial charge in [0.15, 0.2) is 0 Å². The molecule has 3 rings (SSSR count). The fourth-order valence-corrected chi connectivity index (χ4v) is 2.61. The topological polar surface area (TPSA) is 0 Å². The quantitative estimate of drug-likeness (QED) is 0.561. The molecule has 1 heteroatoms. The van der Waals surface area contributed by atoms with Gasteiger partial charge in [-0.2, -0.15) is 0 Å². The molecule has 0 aliphatic heterocycles. The van der Waals surface area contributed by atoms with Crippen LogP contribution < -0.4 is 0 Å². The van der Waals surface area contributed by atoms with Crippen molar-refractivity contribution in [2.45, 2.75) is 4.90 Å². The Hall–Kier alpha value is -1.73. The second kappa shape index (κ2) is 4.87. The highest BCUT2D eigenvalue weighted by atomic mass is 32.2. The van der Waals surface area contributed by atoms with Gasteiger partial charge in [-0.15, -0.1) is 11.8 Å². The summed E-state index contributed by atoms with van der Waals surface area (Å²) in [5, 5.41) is 2.61. The summed E-state index contributed by atoms with van der Waals surface area (Å²) in [6, 6.07) is 23.8. The molecule has 0 nitrogen and oxygen atoms in total. The Balaban J connectivity index is 2.12. The highest BCUT2D eigenvalue weighted by Crippen LogP contribution is 2.27. The van der Waals surface area contributed by atoms with Crippen LogP contribution in [0.5, 0.6) is 0 Å². The number of thioether (sulfide) groups is 1. The number of hydrogen-bond acceptors (Lipinski definition) is 1. The molecular weight excluding hydrogens is 236 g/mol. The van der Waals surface area contributed by atoms with Crippen molar-refractivity contribution in [1.29, 1.82) is 0 Å². The lowest BCUT2D eigenvalue weighted by Gasteiger charge is -2.05. The number of hydrogen-bond donors (Lipinski definition) is 0. The average molecular weight is 250 g/mol. The van der Waals surface area contributed by atoms with E-state index in [-0.39, 0.29) is 0 Å². The van der Waals surface area contributed by atoms with Gasteiger partial charge in [-0.25, -0.2) is 0 Å². The van der Waals surface area contributed by atoms with Crippen LogP contribution in [0.3, 0.4) is 0 Å². The van der Waals surface area contributed by atoms with E-state index in [4.69, 9.17) is 0 Å². The second-order valence-corrected chi connectivity index (χ2v) is 5.17. The van der Waals surface area contributed by atoms with Gasteiger partial charge >= 0.3 is 0 Å². The van der Waals surface area contributed by atoms with Gasteiger partial charge in [0, 0.05) is 4.90 Å². The van der Waals surface area contributed by atoms with Gasteiger partial charge in [0.05, 0.1) is 0 Å². The fourth-order valence-electron chi connectivity index (χ4n) is 2.16. The molecule has 0 aliphatic carbocycles. The van der Waals surface area contributed by atoms with Gasteiger partial charge in [-0.3, -0.25) is 0 Å². The van der Waals surface area contributed by atoms with E-state index < -0.39 is 0 Å². The van der Waals surface area contributed by atoms with Crippen LogP contribution in [-0.2, 0) is 0 Å². The first-order valence-electron chi connectivity index (χ1n) is 6.00. The highest BCUT2D eigenvalue weighted by molar-refractivity contribution is 7.98. The summed E-state index contributed by atoms with van der Waals surface area (Å²) in [4.78, 5) is 1.31. The van der Waals surface area contributed by atoms with Gasteiger partial charge in [-0.05, 0) is 46.4 Å². The van der Waals surface area contributed by atoms with Crippen LogP contribution in [-0.4, -0.2) is 6.26 Å². The van der Waals surface area contributed by atoms with E-state index in [1.165, 1.54) is 26.8 Å². The molecule has 0 saturated heterocycles. The minimum absolute atomic E-state index is 1.27. The van der Waals surface area contributed by atoms with Gasteiger partial charge in [0.1, 0.15) is 0 Å². The molecule has 0 amide bonds. The maximum atomic E-state index is 2.26. The summed E-state index contributed by atoms with van der Waals surface area (Å²) in [6.07, 6.45) is 2.11. The van der Waals surface area contributed by atoms with Crippen molar-refractivity contribution in [3.63, 3.8) is 0 Å². The van der Waals surface area contributed by atoms with Crippen molar-refractivity contribution >= 4 is 22.5 Å². The van der Waals surface area contributed by atoms with Crippen LogP contribution in [0.4, 0.5) is 0 Å². The van der Waals surface area contributed by atoms with Gasteiger partial charge in [-0.1, -0.05) is 48.5 Å². The average Bonchev–Trinajstić information content (AvgIpc) is 2.47. The first-order valence-corrected chi connectivity index (χ1v) is 7.22. The van der Waals surface area contributed by atoms with E-state index in [9.17, 15) is 0 Å². The van der Waals surface area contributed by atoms with Crippen LogP contribution in [0.15, 0.2) is 71.6 Å². The Morgan fingerprint density at radius 2 is 1.39 bits per heavy atom. The second-order valence-electron chi connectivity index (χ2n) is 4.29. The largest absolute Gasteiger partial charge is 0.130 e. The summed E-state index contributed by atoms with van der Waals surface area (Å²) < 4.78 is 0. The molecule has 88 valence electrons. The third-order valence-corrected chi connectivity index (χ3v) is 3.88. The first kappa shape index (κ1) is 11.4. The minimum atomic E-state index is 1.27. The minimum Gasteiger partial charge on any atom is -0.130 e. The van der Waals surface area contributed by atoms with Crippen LogP contribution in [0, 0.1) is 0 Å².